The second-order valence-electron chi connectivity index (χ2n) is 5.46. The molecule has 3 rings (SSSR count). The highest BCUT2D eigenvalue weighted by atomic mass is 16.5. The summed E-state index contributed by atoms with van der Waals surface area (Å²) in [5, 5.41) is 16.1. The van der Waals surface area contributed by atoms with E-state index in [1.807, 2.05) is 24.5 Å². The van der Waals surface area contributed by atoms with Gasteiger partial charge < -0.3 is 15.2 Å². The Bertz CT molecular complexity index is 574. The predicted molar refractivity (Wildman–Crippen MR) is 78.5 cm³/mol. The van der Waals surface area contributed by atoms with E-state index in [-0.39, 0.29) is 0 Å². The van der Waals surface area contributed by atoms with Crippen LogP contribution in [0.15, 0.2) is 36.7 Å². The first-order valence-corrected chi connectivity index (χ1v) is 7.09. The minimum absolute atomic E-state index is 0.597. The molecule has 1 aliphatic rings. The number of nitrogens with one attached hydrogen (secondary N) is 1. The number of benzene rings is 1. The van der Waals surface area contributed by atoms with Crippen LogP contribution >= 0.6 is 0 Å². The summed E-state index contributed by atoms with van der Waals surface area (Å²) in [5.41, 5.74) is 0.537. The van der Waals surface area contributed by atoms with Crippen LogP contribution in [0.25, 0.3) is 10.8 Å². The summed E-state index contributed by atoms with van der Waals surface area (Å²) < 4.78 is 5.29. The number of hydrogen-bond acceptors (Lipinski definition) is 4. The Hall–Kier alpha value is -1.49. The van der Waals surface area contributed by atoms with E-state index in [9.17, 15) is 5.11 Å². The third kappa shape index (κ3) is 2.98. The van der Waals surface area contributed by atoms with E-state index in [1.165, 1.54) is 10.9 Å². The molecule has 0 spiro atoms. The zero-order valence-corrected chi connectivity index (χ0v) is 11.5. The van der Waals surface area contributed by atoms with Gasteiger partial charge in [-0.15, -0.1) is 0 Å². The summed E-state index contributed by atoms with van der Waals surface area (Å²) >= 11 is 0. The Morgan fingerprint density at radius 1 is 1.20 bits per heavy atom. The van der Waals surface area contributed by atoms with Crippen LogP contribution in [0, 0.1) is 0 Å². The molecular weight excluding hydrogens is 252 g/mol. The zero-order chi connectivity index (χ0) is 13.8. The van der Waals surface area contributed by atoms with Gasteiger partial charge in [0.2, 0.25) is 0 Å². The normalized spacial score (nSPS) is 18.2. The Kier molecular flexibility index (Phi) is 3.96. The van der Waals surface area contributed by atoms with Gasteiger partial charge in [0.1, 0.15) is 0 Å². The molecule has 0 atom stereocenters. The van der Waals surface area contributed by atoms with Gasteiger partial charge >= 0.3 is 0 Å². The molecule has 20 heavy (non-hydrogen) atoms. The van der Waals surface area contributed by atoms with Gasteiger partial charge in [0.05, 0.1) is 5.60 Å². The molecule has 0 amide bonds. The number of rotatable bonds is 4. The second kappa shape index (κ2) is 5.87. The minimum Gasteiger partial charge on any atom is -0.388 e. The second-order valence-corrected chi connectivity index (χ2v) is 5.46. The largest absolute Gasteiger partial charge is 0.388 e. The van der Waals surface area contributed by atoms with E-state index in [0.717, 1.165) is 11.9 Å². The summed E-state index contributed by atoms with van der Waals surface area (Å²) in [7, 11) is 0. The van der Waals surface area contributed by atoms with Crippen molar-refractivity contribution in [2.45, 2.75) is 25.0 Å². The number of fused-ring (bicyclic) bond motifs is 1. The third-order valence-electron chi connectivity index (χ3n) is 3.94. The Morgan fingerprint density at radius 3 is 2.85 bits per heavy atom. The molecule has 1 fully saturated rings. The molecule has 106 valence electrons. The highest BCUT2D eigenvalue weighted by Crippen LogP contribution is 2.20. The molecule has 2 N–H and O–H groups in total. The Balaban J connectivity index is 1.65. The van der Waals surface area contributed by atoms with Crippen LogP contribution in [-0.2, 0) is 11.3 Å². The summed E-state index contributed by atoms with van der Waals surface area (Å²) in [6, 6.07) is 8.23. The summed E-state index contributed by atoms with van der Waals surface area (Å²) in [6.45, 7) is 2.61. The van der Waals surface area contributed by atoms with Crippen LogP contribution in [0.4, 0.5) is 0 Å². The molecule has 4 heteroatoms. The third-order valence-corrected chi connectivity index (χ3v) is 3.94. The van der Waals surface area contributed by atoms with Gasteiger partial charge in [-0.1, -0.05) is 24.3 Å². The number of hydrogen-bond donors (Lipinski definition) is 2. The van der Waals surface area contributed by atoms with Crippen LogP contribution < -0.4 is 5.32 Å². The number of nitrogens with zero attached hydrogens (tertiary/aromatic N) is 1. The SMILES string of the molecule is OC1(CNCc2cncc3ccccc23)CCOCC1. The van der Waals surface area contributed by atoms with E-state index in [2.05, 4.69) is 22.4 Å². The summed E-state index contributed by atoms with van der Waals surface area (Å²) in [4.78, 5) is 4.27. The van der Waals surface area contributed by atoms with E-state index in [0.29, 0.717) is 32.6 Å². The lowest BCUT2D eigenvalue weighted by Gasteiger charge is -2.32. The van der Waals surface area contributed by atoms with Crippen LogP contribution in [-0.4, -0.2) is 35.5 Å². The van der Waals surface area contributed by atoms with Crippen molar-refractivity contribution >= 4 is 10.8 Å². The molecule has 1 aliphatic heterocycles. The van der Waals surface area contributed by atoms with E-state index in [1.54, 1.807) is 0 Å². The summed E-state index contributed by atoms with van der Waals surface area (Å²) in [6.07, 6.45) is 5.18. The van der Waals surface area contributed by atoms with Crippen LogP contribution in [0.3, 0.4) is 0 Å². The lowest BCUT2D eigenvalue weighted by Crippen LogP contribution is -2.44. The molecule has 2 heterocycles. The molecule has 1 aromatic heterocycles. The van der Waals surface area contributed by atoms with Crippen LogP contribution in [0.2, 0.25) is 0 Å². The molecule has 0 unspecified atom stereocenters. The highest BCUT2D eigenvalue weighted by molar-refractivity contribution is 5.84. The van der Waals surface area contributed by atoms with E-state index < -0.39 is 5.60 Å². The fourth-order valence-corrected chi connectivity index (χ4v) is 2.68. The summed E-state index contributed by atoms with van der Waals surface area (Å²) in [5.74, 6) is 0. The molecule has 0 saturated carbocycles. The quantitative estimate of drug-likeness (QED) is 0.892. The Labute approximate surface area is 118 Å². The molecule has 0 bridgehead atoms. The fraction of sp³-hybridized carbons (Fsp3) is 0.438. The van der Waals surface area contributed by atoms with Gasteiger partial charge in [-0.05, 0) is 10.9 Å². The van der Waals surface area contributed by atoms with Crippen molar-refractivity contribution in [1.29, 1.82) is 0 Å². The molecule has 1 saturated heterocycles. The molecule has 0 radical (unpaired) electrons. The highest BCUT2D eigenvalue weighted by Gasteiger charge is 2.29. The van der Waals surface area contributed by atoms with E-state index in [4.69, 9.17) is 4.74 Å². The Morgan fingerprint density at radius 2 is 2.00 bits per heavy atom. The smallest absolute Gasteiger partial charge is 0.0815 e. The van der Waals surface area contributed by atoms with Crippen LogP contribution in [0.5, 0.6) is 0 Å². The average Bonchev–Trinajstić information content (AvgIpc) is 2.48. The monoisotopic (exact) mass is 272 g/mol. The number of ether oxygens (including phenoxy) is 1. The van der Waals surface area contributed by atoms with Crippen molar-refractivity contribution in [3.63, 3.8) is 0 Å². The predicted octanol–water partition coefficient (Wildman–Crippen LogP) is 1.87. The topological polar surface area (TPSA) is 54.4 Å². The molecular formula is C16H20N2O2. The zero-order valence-electron chi connectivity index (χ0n) is 11.5. The fourth-order valence-electron chi connectivity index (χ4n) is 2.68. The molecule has 1 aromatic carbocycles. The van der Waals surface area contributed by atoms with Crippen molar-refractivity contribution in [2.75, 3.05) is 19.8 Å². The van der Waals surface area contributed by atoms with Crippen molar-refractivity contribution in [2.24, 2.45) is 0 Å². The number of aliphatic hydroxyl groups is 1. The average molecular weight is 272 g/mol. The van der Waals surface area contributed by atoms with Gasteiger partial charge in [-0.3, -0.25) is 4.98 Å². The first kappa shape index (κ1) is 13.5. The van der Waals surface area contributed by atoms with Gasteiger partial charge in [0.25, 0.3) is 0 Å². The maximum Gasteiger partial charge on any atom is 0.0815 e. The molecule has 0 aliphatic carbocycles. The lowest BCUT2D eigenvalue weighted by atomic mass is 9.94. The molecule has 2 aromatic rings. The molecule has 4 nitrogen and oxygen atoms in total. The maximum atomic E-state index is 10.4. The first-order chi connectivity index (χ1) is 9.77. The van der Waals surface area contributed by atoms with Crippen LogP contribution in [0.1, 0.15) is 18.4 Å². The van der Waals surface area contributed by atoms with E-state index >= 15 is 0 Å². The lowest BCUT2D eigenvalue weighted by molar-refractivity contribution is -0.0616. The number of pyridine rings is 1. The van der Waals surface area contributed by atoms with Gasteiger partial charge in [-0.25, -0.2) is 0 Å². The van der Waals surface area contributed by atoms with Gasteiger partial charge in [0.15, 0.2) is 0 Å². The number of aromatic nitrogens is 1. The van der Waals surface area contributed by atoms with Gasteiger partial charge in [-0.2, -0.15) is 0 Å². The first-order valence-electron chi connectivity index (χ1n) is 7.09. The maximum absolute atomic E-state index is 10.4. The standard InChI is InChI=1S/C16H20N2O2/c19-16(5-7-20-8-6-16)12-18-11-14-10-17-9-13-3-1-2-4-15(13)14/h1-4,9-10,18-19H,5-8,11-12H2. The van der Waals surface area contributed by atoms with Gasteiger partial charge in [0, 0.05) is 56.9 Å². The van der Waals surface area contributed by atoms with Crippen molar-refractivity contribution in [1.82, 2.24) is 10.3 Å². The van der Waals surface area contributed by atoms with Crippen molar-refractivity contribution in [3.8, 4) is 0 Å². The van der Waals surface area contributed by atoms with Crippen molar-refractivity contribution < 1.29 is 9.84 Å². The minimum atomic E-state index is -0.629. The van der Waals surface area contributed by atoms with Crippen molar-refractivity contribution in [3.05, 3.63) is 42.2 Å².